The molecule has 0 bridgehead atoms. The topological polar surface area (TPSA) is 93.2 Å². The average Bonchev–Trinajstić information content (AvgIpc) is 3.38. The number of aliphatic hydroxyl groups excluding tert-OH is 1. The number of aliphatic hydroxyl groups is 1. The van der Waals surface area contributed by atoms with Crippen LogP contribution < -0.4 is 0 Å². The third-order valence-electron chi connectivity index (χ3n) is 6.40. The smallest absolute Gasteiger partial charge is 0.163 e. The van der Waals surface area contributed by atoms with Crippen LogP contribution in [-0.2, 0) is 9.47 Å². The predicted molar refractivity (Wildman–Crippen MR) is 114 cm³/mol. The highest BCUT2D eigenvalue weighted by atomic mass is 35.5. The summed E-state index contributed by atoms with van der Waals surface area (Å²) in [7, 11) is 0. The molecule has 2 aromatic heterocycles. The third kappa shape index (κ3) is 3.31. The second-order valence-corrected chi connectivity index (χ2v) is 9.18. The van der Waals surface area contributed by atoms with Gasteiger partial charge in [-0.3, -0.25) is 0 Å². The summed E-state index contributed by atoms with van der Waals surface area (Å²) in [6, 6.07) is 9.08. The van der Waals surface area contributed by atoms with E-state index in [0.29, 0.717) is 22.6 Å². The summed E-state index contributed by atoms with van der Waals surface area (Å²) in [4.78, 5) is 8.78. The Morgan fingerprint density at radius 2 is 2.03 bits per heavy atom. The van der Waals surface area contributed by atoms with E-state index in [9.17, 15) is 10.4 Å². The Kier molecular flexibility index (Phi) is 4.79. The van der Waals surface area contributed by atoms with Crippen LogP contribution in [0, 0.1) is 24.2 Å². The molecule has 5 atom stereocenters. The fourth-order valence-electron chi connectivity index (χ4n) is 5.05. The van der Waals surface area contributed by atoms with Gasteiger partial charge in [-0.15, -0.1) is 0 Å². The minimum Gasteiger partial charge on any atom is -0.388 e. The number of halogens is 1. The van der Waals surface area contributed by atoms with Crippen molar-refractivity contribution in [1.82, 2.24) is 14.5 Å². The molecule has 1 aliphatic carbocycles. The van der Waals surface area contributed by atoms with E-state index in [0.717, 1.165) is 16.7 Å². The first kappa shape index (κ1) is 20.4. The Balaban J connectivity index is 1.56. The fourth-order valence-corrected chi connectivity index (χ4v) is 5.22. The first-order valence-corrected chi connectivity index (χ1v) is 10.7. The molecule has 1 aromatic carbocycles. The number of rotatable bonds is 3. The van der Waals surface area contributed by atoms with Gasteiger partial charge in [0.2, 0.25) is 0 Å². The molecule has 1 saturated carbocycles. The van der Waals surface area contributed by atoms with Gasteiger partial charge in [-0.1, -0.05) is 17.7 Å². The molecule has 1 unspecified atom stereocenters. The predicted octanol–water partition coefficient (Wildman–Crippen LogP) is 4.08. The molecule has 2 aliphatic rings. The largest absolute Gasteiger partial charge is 0.388 e. The maximum Gasteiger partial charge on any atom is 0.163 e. The second-order valence-electron chi connectivity index (χ2n) is 8.74. The molecule has 7 nitrogen and oxygen atoms in total. The molecule has 8 heteroatoms. The average molecular weight is 439 g/mol. The number of aromatic nitrogens is 3. The van der Waals surface area contributed by atoms with Crippen molar-refractivity contribution in [3.05, 3.63) is 58.6 Å². The summed E-state index contributed by atoms with van der Waals surface area (Å²) in [5, 5.41) is 22.4. The normalized spacial score (nSPS) is 27.9. The van der Waals surface area contributed by atoms with Crippen LogP contribution in [0.5, 0.6) is 0 Å². The van der Waals surface area contributed by atoms with Crippen molar-refractivity contribution in [2.75, 3.05) is 0 Å². The van der Waals surface area contributed by atoms with Crippen LogP contribution in [0.3, 0.4) is 0 Å². The lowest BCUT2D eigenvalue weighted by Crippen LogP contribution is -2.29. The van der Waals surface area contributed by atoms with Gasteiger partial charge in [-0.25, -0.2) is 9.97 Å². The minimum atomic E-state index is -0.889. The maximum atomic E-state index is 11.3. The van der Waals surface area contributed by atoms with Crippen molar-refractivity contribution in [2.45, 2.75) is 57.3 Å². The molecule has 1 saturated heterocycles. The maximum absolute atomic E-state index is 11.3. The number of aryl methyl sites for hydroxylation is 1. The van der Waals surface area contributed by atoms with E-state index >= 15 is 0 Å². The summed E-state index contributed by atoms with van der Waals surface area (Å²) in [5.41, 5.74) is 2.68. The summed E-state index contributed by atoms with van der Waals surface area (Å²) in [6.07, 6.45) is 2.72. The Bertz CT molecular complexity index is 1200. The molecule has 1 N–H and O–H groups in total. The standard InChI is InChI=1S/C23H23ClN4O3/c1-12-15-6-7-28(22(15)27-11-26-12)18-9-17(20-21(18)31-23(2,3)30-20)19(29)16-5-4-14(24)8-13(16)10-25/h4-8,11,17-21,29H,9H2,1-3H3/t17-,18-,19?,20-,21+/m1/s1. The highest BCUT2D eigenvalue weighted by Crippen LogP contribution is 2.51. The molecule has 3 aromatic rings. The van der Waals surface area contributed by atoms with Crippen molar-refractivity contribution in [1.29, 1.82) is 5.26 Å². The van der Waals surface area contributed by atoms with Gasteiger partial charge in [0, 0.05) is 22.5 Å². The van der Waals surface area contributed by atoms with Gasteiger partial charge in [-0.05, 0) is 51.0 Å². The lowest BCUT2D eigenvalue weighted by atomic mass is 9.90. The van der Waals surface area contributed by atoms with Crippen LogP contribution in [0.1, 0.15) is 49.2 Å². The van der Waals surface area contributed by atoms with Crippen LogP contribution >= 0.6 is 11.6 Å². The van der Waals surface area contributed by atoms with E-state index in [1.54, 1.807) is 24.5 Å². The number of hydrogen-bond acceptors (Lipinski definition) is 6. The lowest BCUT2D eigenvalue weighted by Gasteiger charge is -2.27. The SMILES string of the molecule is Cc1ncnc2c1ccn2[C@@H]1C[C@H](C(O)c2ccc(Cl)cc2C#N)[C@H]2OC(C)(C)O[C@H]21. The summed E-state index contributed by atoms with van der Waals surface area (Å²) >= 11 is 6.05. The van der Waals surface area contributed by atoms with Crippen molar-refractivity contribution >= 4 is 22.6 Å². The Labute approximate surface area is 185 Å². The van der Waals surface area contributed by atoms with E-state index in [2.05, 4.69) is 20.6 Å². The molecular formula is C23H23ClN4O3. The summed E-state index contributed by atoms with van der Waals surface area (Å²) < 4.78 is 14.7. The van der Waals surface area contributed by atoms with Crippen molar-refractivity contribution in [3.63, 3.8) is 0 Å². The van der Waals surface area contributed by atoms with Gasteiger partial charge in [-0.2, -0.15) is 5.26 Å². The van der Waals surface area contributed by atoms with Gasteiger partial charge in [0.25, 0.3) is 0 Å². The van der Waals surface area contributed by atoms with E-state index in [4.69, 9.17) is 21.1 Å². The van der Waals surface area contributed by atoms with Gasteiger partial charge in [0.15, 0.2) is 5.79 Å². The van der Waals surface area contributed by atoms with E-state index < -0.39 is 11.9 Å². The number of hydrogen-bond donors (Lipinski definition) is 1. The van der Waals surface area contributed by atoms with Crippen LogP contribution in [0.25, 0.3) is 11.0 Å². The van der Waals surface area contributed by atoms with Crippen LogP contribution in [-0.4, -0.2) is 37.6 Å². The van der Waals surface area contributed by atoms with E-state index in [-0.39, 0.29) is 24.2 Å². The molecular weight excluding hydrogens is 416 g/mol. The Morgan fingerprint density at radius 1 is 1.26 bits per heavy atom. The summed E-state index contributed by atoms with van der Waals surface area (Å²) in [5.74, 6) is -1.02. The molecule has 0 amide bonds. The number of nitriles is 1. The highest BCUT2D eigenvalue weighted by Gasteiger charge is 2.56. The number of benzene rings is 1. The molecule has 3 heterocycles. The molecule has 2 fully saturated rings. The van der Waals surface area contributed by atoms with Gasteiger partial charge in [0.05, 0.1) is 35.6 Å². The van der Waals surface area contributed by atoms with Crippen LogP contribution in [0.15, 0.2) is 36.8 Å². The number of nitrogens with zero attached hydrogens (tertiary/aromatic N) is 4. The van der Waals surface area contributed by atoms with Crippen LogP contribution in [0.4, 0.5) is 0 Å². The Hall–Kier alpha value is -2.50. The van der Waals surface area contributed by atoms with Gasteiger partial charge < -0.3 is 19.1 Å². The van der Waals surface area contributed by atoms with Gasteiger partial charge in [0.1, 0.15) is 18.1 Å². The lowest BCUT2D eigenvalue weighted by molar-refractivity contribution is -0.165. The van der Waals surface area contributed by atoms with E-state index in [1.165, 1.54) is 0 Å². The third-order valence-corrected chi connectivity index (χ3v) is 6.64. The number of ether oxygens (including phenoxy) is 2. The zero-order chi connectivity index (χ0) is 21.9. The fraction of sp³-hybridized carbons (Fsp3) is 0.435. The van der Waals surface area contributed by atoms with Crippen LogP contribution in [0.2, 0.25) is 5.02 Å². The quantitative estimate of drug-likeness (QED) is 0.662. The summed E-state index contributed by atoms with van der Waals surface area (Å²) in [6.45, 7) is 5.73. The highest BCUT2D eigenvalue weighted by molar-refractivity contribution is 6.30. The minimum absolute atomic E-state index is 0.0731. The first-order chi connectivity index (χ1) is 14.8. The van der Waals surface area contributed by atoms with Crippen molar-refractivity contribution in [3.8, 4) is 6.07 Å². The molecule has 1 aliphatic heterocycles. The second kappa shape index (κ2) is 7.28. The van der Waals surface area contributed by atoms with Crippen molar-refractivity contribution in [2.24, 2.45) is 5.92 Å². The Morgan fingerprint density at radius 3 is 2.81 bits per heavy atom. The van der Waals surface area contributed by atoms with E-state index in [1.807, 2.05) is 33.0 Å². The molecule has 0 radical (unpaired) electrons. The zero-order valence-electron chi connectivity index (χ0n) is 17.5. The molecule has 160 valence electrons. The van der Waals surface area contributed by atoms with Gasteiger partial charge >= 0.3 is 0 Å². The zero-order valence-corrected chi connectivity index (χ0v) is 18.2. The molecule has 5 rings (SSSR count). The molecule has 31 heavy (non-hydrogen) atoms. The number of fused-ring (bicyclic) bond motifs is 2. The first-order valence-electron chi connectivity index (χ1n) is 10.3. The van der Waals surface area contributed by atoms with Crippen molar-refractivity contribution < 1.29 is 14.6 Å². The monoisotopic (exact) mass is 438 g/mol. The molecule has 0 spiro atoms.